The lowest BCUT2D eigenvalue weighted by Gasteiger charge is -2.28. The maximum atomic E-state index is 12.5. The Labute approximate surface area is 169 Å². The molecular formula is C21H21N3O4S. The highest BCUT2D eigenvalue weighted by molar-refractivity contribution is 7.89. The summed E-state index contributed by atoms with van der Waals surface area (Å²) in [6, 6.07) is 5.68. The average molecular weight is 411 g/mol. The van der Waals surface area contributed by atoms with Crippen molar-refractivity contribution in [2.24, 2.45) is 10.9 Å². The summed E-state index contributed by atoms with van der Waals surface area (Å²) in [7, 11) is -0.652. The Balaban J connectivity index is 1.56. The Kier molecular flexibility index (Phi) is 4.84. The van der Waals surface area contributed by atoms with Gasteiger partial charge in [-0.3, -0.25) is 9.59 Å². The fourth-order valence-electron chi connectivity index (χ4n) is 3.82. The number of rotatable bonds is 3. The van der Waals surface area contributed by atoms with Crippen LogP contribution in [-0.2, 0) is 14.8 Å². The van der Waals surface area contributed by atoms with Crippen molar-refractivity contribution in [3.63, 3.8) is 0 Å². The van der Waals surface area contributed by atoms with E-state index in [0.717, 1.165) is 34.8 Å². The molecule has 1 heterocycles. The van der Waals surface area contributed by atoms with E-state index in [1.807, 2.05) is 6.08 Å². The minimum Gasteiger partial charge on any atom is -0.325 e. The first kappa shape index (κ1) is 19.5. The number of benzene rings is 1. The molecule has 0 fully saturated rings. The van der Waals surface area contributed by atoms with E-state index >= 15 is 0 Å². The first-order valence-corrected chi connectivity index (χ1v) is 10.8. The zero-order chi connectivity index (χ0) is 20.8. The summed E-state index contributed by atoms with van der Waals surface area (Å²) in [6.07, 6.45) is 8.22. The zero-order valence-corrected chi connectivity index (χ0v) is 17.0. The van der Waals surface area contributed by atoms with Crippen LogP contribution >= 0.6 is 0 Å². The van der Waals surface area contributed by atoms with Crippen molar-refractivity contribution in [2.45, 2.75) is 24.2 Å². The molecule has 1 atom stereocenters. The summed E-state index contributed by atoms with van der Waals surface area (Å²) < 4.78 is 25.4. The molecule has 7 nitrogen and oxygen atoms in total. The van der Waals surface area contributed by atoms with E-state index in [1.165, 1.54) is 43.9 Å². The van der Waals surface area contributed by atoms with Gasteiger partial charge in [0, 0.05) is 36.8 Å². The fraction of sp³-hybridized carbons (Fsp3) is 0.286. The van der Waals surface area contributed by atoms with E-state index < -0.39 is 15.9 Å². The number of nitrogens with zero attached hydrogens (tertiary/aromatic N) is 2. The second-order valence-corrected chi connectivity index (χ2v) is 9.55. The van der Waals surface area contributed by atoms with Crippen LogP contribution in [0.25, 0.3) is 0 Å². The summed E-state index contributed by atoms with van der Waals surface area (Å²) in [4.78, 5) is 29.0. The van der Waals surface area contributed by atoms with Crippen LogP contribution in [0.1, 0.15) is 29.6 Å². The molecule has 29 heavy (non-hydrogen) atoms. The predicted molar refractivity (Wildman–Crippen MR) is 109 cm³/mol. The first-order valence-electron chi connectivity index (χ1n) is 9.36. The number of nitrogens with one attached hydrogen (secondary N) is 1. The third-order valence-electron chi connectivity index (χ3n) is 5.38. The van der Waals surface area contributed by atoms with E-state index in [-0.39, 0.29) is 22.3 Å². The molecule has 1 unspecified atom stereocenters. The highest BCUT2D eigenvalue weighted by atomic mass is 32.2. The lowest BCUT2D eigenvalue weighted by atomic mass is 9.85. The molecule has 4 rings (SSSR count). The number of carbonyl (C=O) groups is 2. The van der Waals surface area contributed by atoms with Crippen LogP contribution in [0.15, 0.2) is 69.2 Å². The van der Waals surface area contributed by atoms with Crippen LogP contribution < -0.4 is 5.32 Å². The monoisotopic (exact) mass is 411 g/mol. The van der Waals surface area contributed by atoms with Crippen LogP contribution in [-0.4, -0.2) is 44.3 Å². The molecule has 1 aromatic carbocycles. The lowest BCUT2D eigenvalue weighted by molar-refractivity contribution is -0.117. The predicted octanol–water partition coefficient (Wildman–Crippen LogP) is 2.20. The van der Waals surface area contributed by atoms with Crippen molar-refractivity contribution in [3.8, 4) is 0 Å². The molecule has 1 N–H and O–H groups in total. The first-order chi connectivity index (χ1) is 13.8. The molecule has 150 valence electrons. The number of hydrogen-bond donors (Lipinski definition) is 1. The molecule has 1 aromatic rings. The van der Waals surface area contributed by atoms with Gasteiger partial charge < -0.3 is 5.32 Å². The molecule has 0 saturated carbocycles. The fourth-order valence-corrected chi connectivity index (χ4v) is 4.72. The van der Waals surface area contributed by atoms with Crippen molar-refractivity contribution in [2.75, 3.05) is 14.1 Å². The average Bonchev–Trinajstić information content (AvgIpc) is 3.18. The van der Waals surface area contributed by atoms with Crippen LogP contribution in [0, 0.1) is 5.92 Å². The minimum atomic E-state index is -3.55. The third-order valence-corrected chi connectivity index (χ3v) is 7.21. The molecule has 0 spiro atoms. The van der Waals surface area contributed by atoms with E-state index in [1.54, 1.807) is 12.2 Å². The third kappa shape index (κ3) is 3.49. The van der Waals surface area contributed by atoms with Gasteiger partial charge in [-0.25, -0.2) is 17.7 Å². The smallest absolute Gasteiger partial charge is 0.277 e. The van der Waals surface area contributed by atoms with Crippen molar-refractivity contribution in [1.82, 2.24) is 9.62 Å². The summed E-state index contributed by atoms with van der Waals surface area (Å²) >= 11 is 0. The summed E-state index contributed by atoms with van der Waals surface area (Å²) in [5.74, 6) is -0.481. The van der Waals surface area contributed by atoms with Gasteiger partial charge >= 0.3 is 0 Å². The van der Waals surface area contributed by atoms with Crippen molar-refractivity contribution < 1.29 is 18.0 Å². The zero-order valence-electron chi connectivity index (χ0n) is 16.2. The van der Waals surface area contributed by atoms with Crippen LogP contribution in [0.2, 0.25) is 0 Å². The standard InChI is InChI=1S/C21H21N3O4S/c1-24(2)29(27,28)15-9-6-13(7-10-15)20(25)22-14-8-11-17-16-4-3-5-18(16)21(26)23-19(17)12-14/h6-12,17H,3-5H2,1-2H3,(H,23,26). The van der Waals surface area contributed by atoms with Gasteiger partial charge in [0.2, 0.25) is 10.0 Å². The van der Waals surface area contributed by atoms with Crippen molar-refractivity contribution in [3.05, 3.63) is 64.9 Å². The van der Waals surface area contributed by atoms with Crippen LogP contribution in [0.5, 0.6) is 0 Å². The Morgan fingerprint density at radius 1 is 1.17 bits per heavy atom. The highest BCUT2D eigenvalue weighted by Crippen LogP contribution is 2.39. The maximum Gasteiger partial charge on any atom is 0.277 e. The molecular weight excluding hydrogens is 390 g/mol. The molecule has 0 bridgehead atoms. The van der Waals surface area contributed by atoms with Gasteiger partial charge in [0.1, 0.15) is 0 Å². The van der Waals surface area contributed by atoms with E-state index in [9.17, 15) is 18.0 Å². The molecule has 2 amide bonds. The van der Waals surface area contributed by atoms with Crippen LogP contribution in [0.3, 0.4) is 0 Å². The molecule has 0 aromatic heterocycles. The van der Waals surface area contributed by atoms with Crippen molar-refractivity contribution >= 4 is 27.5 Å². The van der Waals surface area contributed by atoms with Gasteiger partial charge in [0.15, 0.2) is 0 Å². The molecule has 0 radical (unpaired) electrons. The summed E-state index contributed by atoms with van der Waals surface area (Å²) in [5, 5.41) is 2.92. The minimum absolute atomic E-state index is 0.0507. The topological polar surface area (TPSA) is 95.9 Å². The molecule has 0 saturated heterocycles. The largest absolute Gasteiger partial charge is 0.325 e. The highest BCUT2D eigenvalue weighted by Gasteiger charge is 2.34. The number of fused-ring (bicyclic) bond motifs is 2. The number of sulfonamides is 1. The lowest BCUT2D eigenvalue weighted by Crippen LogP contribution is -2.35. The van der Waals surface area contributed by atoms with E-state index in [0.29, 0.717) is 5.71 Å². The second kappa shape index (κ2) is 7.20. The van der Waals surface area contributed by atoms with E-state index in [4.69, 9.17) is 0 Å². The molecule has 1 aliphatic heterocycles. The summed E-state index contributed by atoms with van der Waals surface area (Å²) in [6.45, 7) is 0. The van der Waals surface area contributed by atoms with Gasteiger partial charge in [0.25, 0.3) is 11.8 Å². The Morgan fingerprint density at radius 2 is 1.90 bits per heavy atom. The number of hydrogen-bond acceptors (Lipinski definition) is 4. The van der Waals surface area contributed by atoms with E-state index in [2.05, 4.69) is 10.3 Å². The van der Waals surface area contributed by atoms with Gasteiger partial charge in [-0.05, 0) is 61.3 Å². The SMILES string of the molecule is CN(C)S(=O)(=O)c1ccc(C(=O)N=C2C=CC3C(=C2)NC(=O)C2=C3CCC2)cc1. The van der Waals surface area contributed by atoms with Crippen LogP contribution in [0.4, 0.5) is 0 Å². The number of amides is 2. The van der Waals surface area contributed by atoms with Gasteiger partial charge in [-0.15, -0.1) is 0 Å². The maximum absolute atomic E-state index is 12.5. The van der Waals surface area contributed by atoms with Gasteiger partial charge in [0.05, 0.1) is 10.6 Å². The van der Waals surface area contributed by atoms with Gasteiger partial charge in [-0.2, -0.15) is 0 Å². The number of aliphatic imine (C=N–C) groups is 1. The van der Waals surface area contributed by atoms with Crippen molar-refractivity contribution in [1.29, 1.82) is 0 Å². The molecule has 2 aliphatic carbocycles. The normalized spacial score (nSPS) is 22.4. The summed E-state index contributed by atoms with van der Waals surface area (Å²) in [5.41, 5.74) is 3.55. The Bertz CT molecular complexity index is 1120. The number of allylic oxidation sites excluding steroid dienone is 3. The van der Waals surface area contributed by atoms with Gasteiger partial charge in [-0.1, -0.05) is 6.08 Å². The molecule has 8 heteroatoms. The molecule has 3 aliphatic rings. The second-order valence-electron chi connectivity index (χ2n) is 7.40. The Morgan fingerprint density at radius 3 is 2.59 bits per heavy atom. The quantitative estimate of drug-likeness (QED) is 0.825. The Hall–Kier alpha value is -2.84. The number of carbonyl (C=O) groups excluding carboxylic acids is 2.